The third-order valence-electron chi connectivity index (χ3n) is 5.24. The van der Waals surface area contributed by atoms with E-state index in [4.69, 9.17) is 21.7 Å². The summed E-state index contributed by atoms with van der Waals surface area (Å²) in [6.07, 6.45) is -3.13. The van der Waals surface area contributed by atoms with Crippen LogP contribution in [0.5, 0.6) is 5.75 Å². The normalized spacial score (nSPS) is 15.0. The third-order valence-corrected chi connectivity index (χ3v) is 7.11. The first-order valence-electron chi connectivity index (χ1n) is 9.89. The summed E-state index contributed by atoms with van der Waals surface area (Å²) in [5, 5.41) is 7.63. The predicted molar refractivity (Wildman–Crippen MR) is 124 cm³/mol. The Bertz CT molecular complexity index is 1090. The van der Waals surface area contributed by atoms with Crippen LogP contribution >= 0.6 is 24.0 Å². The average Bonchev–Trinajstić information content (AvgIpc) is 2.72. The van der Waals surface area contributed by atoms with E-state index in [0.29, 0.717) is 25.0 Å². The SMILES string of the molecule is CC(=N)N1CCC(COc2ccc(C(F)(F)F)cc2NS(=O)(=O)c2ccccc2Cl)CC1.Cl. The topological polar surface area (TPSA) is 82.5 Å². The number of alkyl halides is 3. The van der Waals surface area contributed by atoms with Crippen molar-refractivity contribution in [3.63, 3.8) is 0 Å². The number of benzene rings is 2. The zero-order valence-corrected chi connectivity index (χ0v) is 20.0. The van der Waals surface area contributed by atoms with Crippen molar-refractivity contribution >= 4 is 45.6 Å². The highest BCUT2D eigenvalue weighted by molar-refractivity contribution is 7.92. The van der Waals surface area contributed by atoms with Gasteiger partial charge >= 0.3 is 6.18 Å². The van der Waals surface area contributed by atoms with Crippen LogP contribution in [0.15, 0.2) is 47.4 Å². The van der Waals surface area contributed by atoms with Crippen LogP contribution in [0.2, 0.25) is 5.02 Å². The number of ether oxygens (including phenoxy) is 1. The summed E-state index contributed by atoms with van der Waals surface area (Å²) in [6, 6.07) is 8.33. The number of nitrogens with zero attached hydrogens (tertiary/aromatic N) is 1. The van der Waals surface area contributed by atoms with Crippen LogP contribution < -0.4 is 9.46 Å². The van der Waals surface area contributed by atoms with E-state index in [0.717, 1.165) is 25.0 Å². The van der Waals surface area contributed by atoms with Gasteiger partial charge in [-0.25, -0.2) is 8.42 Å². The third kappa shape index (κ3) is 6.91. The fourth-order valence-electron chi connectivity index (χ4n) is 3.42. The van der Waals surface area contributed by atoms with Gasteiger partial charge in [0.05, 0.1) is 28.7 Å². The van der Waals surface area contributed by atoms with Crippen molar-refractivity contribution in [1.29, 1.82) is 5.41 Å². The van der Waals surface area contributed by atoms with Crippen molar-refractivity contribution in [1.82, 2.24) is 4.90 Å². The molecule has 0 aromatic heterocycles. The fraction of sp³-hybridized carbons (Fsp3) is 0.381. The summed E-state index contributed by atoms with van der Waals surface area (Å²) in [6.45, 7) is 3.33. The Morgan fingerprint density at radius 1 is 1.21 bits per heavy atom. The maximum Gasteiger partial charge on any atom is 0.416 e. The van der Waals surface area contributed by atoms with E-state index in [1.807, 2.05) is 4.90 Å². The Morgan fingerprint density at radius 2 is 1.85 bits per heavy atom. The molecule has 0 amide bonds. The first-order valence-corrected chi connectivity index (χ1v) is 11.7. The molecular weight excluding hydrogens is 502 g/mol. The van der Waals surface area contributed by atoms with E-state index in [-0.39, 0.29) is 46.3 Å². The van der Waals surface area contributed by atoms with E-state index >= 15 is 0 Å². The number of hydrogen-bond acceptors (Lipinski definition) is 4. The molecule has 0 aliphatic carbocycles. The number of amidine groups is 1. The van der Waals surface area contributed by atoms with Crippen molar-refractivity contribution in [2.75, 3.05) is 24.4 Å². The monoisotopic (exact) mass is 525 g/mol. The smallest absolute Gasteiger partial charge is 0.416 e. The van der Waals surface area contributed by atoms with Crippen LogP contribution in [-0.4, -0.2) is 38.8 Å². The van der Waals surface area contributed by atoms with E-state index < -0.39 is 21.8 Å². The summed E-state index contributed by atoms with van der Waals surface area (Å²) >= 11 is 5.97. The number of piperidine rings is 1. The number of hydrogen-bond donors (Lipinski definition) is 2. The van der Waals surface area contributed by atoms with Gasteiger partial charge in [-0.3, -0.25) is 10.1 Å². The van der Waals surface area contributed by atoms with Gasteiger partial charge in [-0.05, 0) is 56.0 Å². The van der Waals surface area contributed by atoms with E-state index in [1.54, 1.807) is 13.0 Å². The second kappa shape index (κ2) is 10.8. The minimum Gasteiger partial charge on any atom is -0.491 e. The lowest BCUT2D eigenvalue weighted by Crippen LogP contribution is -2.38. The molecule has 0 atom stereocenters. The van der Waals surface area contributed by atoms with Crippen molar-refractivity contribution in [3.05, 3.63) is 53.1 Å². The lowest BCUT2D eigenvalue weighted by Gasteiger charge is -2.32. The molecule has 0 radical (unpaired) electrons. The standard InChI is InChI=1S/C21H23ClF3N3O3S.ClH/c1-14(26)28-10-8-15(9-11-28)13-31-19-7-6-16(21(23,24)25)12-18(19)27-32(29,30)20-5-3-2-4-17(20)22;/h2-7,12,15,26-27H,8-11,13H2,1H3;1H. The van der Waals surface area contributed by atoms with Gasteiger partial charge in [0.2, 0.25) is 0 Å². The largest absolute Gasteiger partial charge is 0.491 e. The molecule has 12 heteroatoms. The van der Waals surface area contributed by atoms with E-state index in [9.17, 15) is 21.6 Å². The highest BCUT2D eigenvalue weighted by Gasteiger charge is 2.32. The summed E-state index contributed by atoms with van der Waals surface area (Å²) in [4.78, 5) is 1.69. The molecule has 2 aromatic carbocycles. The van der Waals surface area contributed by atoms with Crippen LogP contribution in [0, 0.1) is 11.3 Å². The zero-order valence-electron chi connectivity index (χ0n) is 17.7. The second-order valence-corrected chi connectivity index (χ2v) is 9.63. The zero-order chi connectivity index (χ0) is 23.5. The molecular formula is C21H24Cl2F3N3O3S. The second-order valence-electron chi connectivity index (χ2n) is 7.57. The van der Waals surface area contributed by atoms with Crippen LogP contribution in [-0.2, 0) is 16.2 Å². The molecule has 1 aliphatic rings. The van der Waals surface area contributed by atoms with Crippen molar-refractivity contribution in [2.24, 2.45) is 5.92 Å². The summed E-state index contributed by atoms with van der Waals surface area (Å²) in [5.74, 6) is 0.628. The molecule has 1 fully saturated rings. The van der Waals surface area contributed by atoms with Crippen molar-refractivity contribution < 1.29 is 26.3 Å². The minimum atomic E-state index is -4.65. The van der Waals surface area contributed by atoms with Gasteiger partial charge in [0.15, 0.2) is 0 Å². The first-order chi connectivity index (χ1) is 15.0. The number of nitrogens with one attached hydrogen (secondary N) is 2. The molecule has 33 heavy (non-hydrogen) atoms. The number of rotatable bonds is 6. The first kappa shape index (κ1) is 27.1. The average molecular weight is 526 g/mol. The summed E-state index contributed by atoms with van der Waals surface area (Å²) < 4.78 is 73.2. The van der Waals surface area contributed by atoms with Gasteiger partial charge in [-0.1, -0.05) is 23.7 Å². The molecule has 0 saturated carbocycles. The fourth-order valence-corrected chi connectivity index (χ4v) is 5.00. The van der Waals surface area contributed by atoms with Crippen LogP contribution in [0.1, 0.15) is 25.3 Å². The summed E-state index contributed by atoms with van der Waals surface area (Å²) in [5.41, 5.74) is -1.32. The Morgan fingerprint density at radius 3 is 2.42 bits per heavy atom. The molecule has 2 aromatic rings. The maximum atomic E-state index is 13.2. The van der Waals surface area contributed by atoms with Crippen molar-refractivity contribution in [3.8, 4) is 5.75 Å². The van der Waals surface area contributed by atoms with Gasteiger partial charge < -0.3 is 9.64 Å². The van der Waals surface area contributed by atoms with Crippen LogP contribution in [0.3, 0.4) is 0 Å². The Hall–Kier alpha value is -2.17. The van der Waals surface area contributed by atoms with Gasteiger partial charge in [0, 0.05) is 13.1 Å². The van der Waals surface area contributed by atoms with E-state index in [2.05, 4.69) is 4.72 Å². The van der Waals surface area contributed by atoms with Gasteiger partial charge in [-0.15, -0.1) is 12.4 Å². The number of likely N-dealkylation sites (tertiary alicyclic amines) is 1. The lowest BCUT2D eigenvalue weighted by molar-refractivity contribution is -0.137. The quantitative estimate of drug-likeness (QED) is 0.376. The highest BCUT2D eigenvalue weighted by atomic mass is 35.5. The summed E-state index contributed by atoms with van der Waals surface area (Å²) in [7, 11) is -4.25. The molecule has 1 aliphatic heterocycles. The lowest BCUT2D eigenvalue weighted by atomic mass is 9.98. The van der Waals surface area contributed by atoms with Gasteiger partial charge in [0.25, 0.3) is 10.0 Å². The molecule has 182 valence electrons. The number of halogens is 5. The molecule has 2 N–H and O–H groups in total. The van der Waals surface area contributed by atoms with E-state index in [1.165, 1.54) is 18.2 Å². The van der Waals surface area contributed by atoms with Gasteiger partial charge in [0.1, 0.15) is 10.6 Å². The molecule has 1 saturated heterocycles. The Balaban J connectivity index is 0.00000385. The molecule has 0 bridgehead atoms. The van der Waals surface area contributed by atoms with Crippen LogP contribution in [0.4, 0.5) is 18.9 Å². The number of sulfonamides is 1. The maximum absolute atomic E-state index is 13.2. The van der Waals surface area contributed by atoms with Crippen LogP contribution in [0.25, 0.3) is 0 Å². The molecule has 0 spiro atoms. The molecule has 6 nitrogen and oxygen atoms in total. The Kier molecular flexibility index (Phi) is 8.89. The number of anilines is 1. The van der Waals surface area contributed by atoms with Crippen molar-refractivity contribution in [2.45, 2.75) is 30.8 Å². The molecule has 1 heterocycles. The molecule has 0 unspecified atom stereocenters. The molecule has 3 rings (SSSR count). The van der Waals surface area contributed by atoms with Gasteiger partial charge in [-0.2, -0.15) is 13.2 Å². The highest BCUT2D eigenvalue weighted by Crippen LogP contribution is 2.37. The predicted octanol–water partition coefficient (Wildman–Crippen LogP) is 5.67. The minimum absolute atomic E-state index is 0. The Labute approximate surface area is 202 Å².